The van der Waals surface area contributed by atoms with E-state index in [1.807, 2.05) is 0 Å². The van der Waals surface area contributed by atoms with Gasteiger partial charge in [0.15, 0.2) is 6.10 Å². The quantitative estimate of drug-likeness (QED) is 0.368. The lowest BCUT2D eigenvalue weighted by molar-refractivity contribution is -0.148. The zero-order valence-corrected chi connectivity index (χ0v) is 18.9. The van der Waals surface area contributed by atoms with E-state index in [1.165, 1.54) is 55.7 Å². The van der Waals surface area contributed by atoms with Crippen LogP contribution in [0.4, 0.5) is 11.6 Å². The minimum absolute atomic E-state index is 0.0419. The number of carbonyl (C=O) groups is 2. The van der Waals surface area contributed by atoms with E-state index in [9.17, 15) is 18.0 Å². The number of rotatable bonds is 8. The first-order valence-corrected chi connectivity index (χ1v) is 11.4. The molecule has 0 saturated carbocycles. The van der Waals surface area contributed by atoms with Crippen molar-refractivity contribution in [1.82, 2.24) is 9.97 Å². The third kappa shape index (κ3) is 7.13. The van der Waals surface area contributed by atoms with Crippen LogP contribution in [0, 0.1) is 0 Å². The SMILES string of the molecule is C[C@H](OC(=O)/C=C\c1ccc(Cl)cc1)C(=O)Nc1ccc(S(=O)(=O)Nc2ncccn2)cc1. The summed E-state index contributed by atoms with van der Waals surface area (Å²) >= 11 is 5.81. The minimum atomic E-state index is -3.89. The number of ether oxygens (including phenoxy) is 1. The Morgan fingerprint density at radius 2 is 1.67 bits per heavy atom. The highest BCUT2D eigenvalue weighted by molar-refractivity contribution is 7.92. The van der Waals surface area contributed by atoms with E-state index >= 15 is 0 Å². The maximum absolute atomic E-state index is 12.4. The number of aromatic nitrogens is 2. The van der Waals surface area contributed by atoms with E-state index < -0.39 is 28.0 Å². The van der Waals surface area contributed by atoms with Gasteiger partial charge < -0.3 is 10.1 Å². The zero-order valence-electron chi connectivity index (χ0n) is 17.3. The number of nitrogens with one attached hydrogen (secondary N) is 2. The fourth-order valence-corrected chi connectivity index (χ4v) is 3.58. The Kier molecular flexibility index (Phi) is 7.75. The fourth-order valence-electron chi connectivity index (χ4n) is 2.50. The van der Waals surface area contributed by atoms with E-state index in [2.05, 4.69) is 20.0 Å². The van der Waals surface area contributed by atoms with Crippen LogP contribution in [-0.4, -0.2) is 36.4 Å². The van der Waals surface area contributed by atoms with Crippen molar-refractivity contribution in [3.05, 3.63) is 83.7 Å². The van der Waals surface area contributed by atoms with Crippen LogP contribution in [0.3, 0.4) is 0 Å². The van der Waals surface area contributed by atoms with Crippen LogP contribution in [0.25, 0.3) is 6.08 Å². The van der Waals surface area contributed by atoms with Crippen LogP contribution in [0.5, 0.6) is 0 Å². The summed E-state index contributed by atoms with van der Waals surface area (Å²) in [6, 6.07) is 13.8. The van der Waals surface area contributed by atoms with Gasteiger partial charge in [0.1, 0.15) is 0 Å². The molecule has 11 heteroatoms. The van der Waals surface area contributed by atoms with Gasteiger partial charge in [0, 0.05) is 29.2 Å². The highest BCUT2D eigenvalue weighted by atomic mass is 35.5. The Morgan fingerprint density at radius 3 is 2.30 bits per heavy atom. The molecular formula is C22H19ClN4O5S. The smallest absolute Gasteiger partial charge is 0.331 e. The number of sulfonamides is 1. The average molecular weight is 487 g/mol. The lowest BCUT2D eigenvalue weighted by Crippen LogP contribution is -2.29. The molecule has 0 radical (unpaired) electrons. The molecule has 0 aliphatic rings. The van der Waals surface area contributed by atoms with Gasteiger partial charge >= 0.3 is 5.97 Å². The molecule has 9 nitrogen and oxygen atoms in total. The van der Waals surface area contributed by atoms with Gasteiger partial charge in [0.2, 0.25) is 5.95 Å². The number of amides is 1. The highest BCUT2D eigenvalue weighted by Gasteiger charge is 2.18. The predicted octanol–water partition coefficient (Wildman–Crippen LogP) is 3.51. The maximum atomic E-state index is 12.4. The number of carbonyl (C=O) groups excluding carboxylic acids is 2. The second kappa shape index (κ2) is 10.7. The monoisotopic (exact) mass is 486 g/mol. The number of benzene rings is 2. The largest absolute Gasteiger partial charge is 0.449 e. The number of esters is 1. The van der Waals surface area contributed by atoms with Crippen LogP contribution >= 0.6 is 11.6 Å². The number of halogens is 1. The summed E-state index contributed by atoms with van der Waals surface area (Å²) in [4.78, 5) is 31.8. The second-order valence-corrected chi connectivity index (χ2v) is 8.77. The third-order valence-electron chi connectivity index (χ3n) is 4.17. The van der Waals surface area contributed by atoms with Gasteiger partial charge in [-0.15, -0.1) is 0 Å². The third-order valence-corrected chi connectivity index (χ3v) is 5.76. The molecule has 0 bridgehead atoms. The molecule has 0 spiro atoms. The summed E-state index contributed by atoms with van der Waals surface area (Å²) in [7, 11) is -3.89. The molecule has 3 rings (SSSR count). The fraction of sp³-hybridized carbons (Fsp3) is 0.0909. The summed E-state index contributed by atoms with van der Waals surface area (Å²) in [5, 5.41) is 3.14. The molecule has 1 amide bonds. The highest BCUT2D eigenvalue weighted by Crippen LogP contribution is 2.17. The van der Waals surface area contributed by atoms with Crippen molar-refractivity contribution in [1.29, 1.82) is 0 Å². The van der Waals surface area contributed by atoms with E-state index in [0.29, 0.717) is 10.7 Å². The first-order valence-electron chi connectivity index (χ1n) is 9.58. The standard InChI is InChI=1S/C22H19ClN4O5S/c1-15(32-20(28)12-5-16-3-6-17(23)7-4-16)21(29)26-18-8-10-19(11-9-18)33(30,31)27-22-24-13-2-14-25-22/h2-15H,1H3,(H,26,29)(H,24,25,27)/b12-5-/t15-/m0/s1. The molecule has 0 aliphatic heterocycles. The molecule has 2 aromatic carbocycles. The Morgan fingerprint density at radius 1 is 1.03 bits per heavy atom. The lowest BCUT2D eigenvalue weighted by atomic mass is 10.2. The minimum Gasteiger partial charge on any atom is -0.449 e. The lowest BCUT2D eigenvalue weighted by Gasteiger charge is -2.13. The topological polar surface area (TPSA) is 127 Å². The van der Waals surface area contributed by atoms with Gasteiger partial charge in [-0.25, -0.2) is 27.9 Å². The molecule has 170 valence electrons. The number of hydrogen-bond acceptors (Lipinski definition) is 7. The summed E-state index contributed by atoms with van der Waals surface area (Å²) in [5.74, 6) is -1.33. The van der Waals surface area contributed by atoms with Crippen LogP contribution in [0.2, 0.25) is 5.02 Å². The predicted molar refractivity (Wildman–Crippen MR) is 124 cm³/mol. The first kappa shape index (κ1) is 23.9. The number of hydrogen-bond donors (Lipinski definition) is 2. The van der Waals surface area contributed by atoms with E-state index in [4.69, 9.17) is 16.3 Å². The van der Waals surface area contributed by atoms with Crippen molar-refractivity contribution >= 4 is 51.2 Å². The molecule has 3 aromatic rings. The maximum Gasteiger partial charge on any atom is 0.331 e. The van der Waals surface area contributed by atoms with E-state index in [0.717, 1.165) is 5.56 Å². The van der Waals surface area contributed by atoms with Gasteiger partial charge in [0.25, 0.3) is 15.9 Å². The Labute approximate surface area is 195 Å². The molecule has 0 aliphatic carbocycles. The molecule has 1 atom stereocenters. The summed E-state index contributed by atoms with van der Waals surface area (Å²) < 4.78 is 32.1. The van der Waals surface area contributed by atoms with Gasteiger partial charge in [-0.2, -0.15) is 0 Å². The molecule has 0 saturated heterocycles. The van der Waals surface area contributed by atoms with Crippen LogP contribution in [0.1, 0.15) is 12.5 Å². The molecular weight excluding hydrogens is 468 g/mol. The Balaban J connectivity index is 1.55. The van der Waals surface area contributed by atoms with E-state index in [1.54, 1.807) is 30.3 Å². The normalized spacial score (nSPS) is 12.2. The molecule has 0 unspecified atom stereocenters. The van der Waals surface area contributed by atoms with Crippen molar-refractivity contribution in [2.75, 3.05) is 10.0 Å². The molecule has 1 aromatic heterocycles. The second-order valence-electron chi connectivity index (χ2n) is 6.66. The van der Waals surface area contributed by atoms with Gasteiger partial charge in [-0.05, 0) is 61.0 Å². The number of nitrogens with zero attached hydrogens (tertiary/aromatic N) is 2. The van der Waals surface area contributed by atoms with Crippen molar-refractivity contribution in [2.45, 2.75) is 17.9 Å². The Bertz CT molecular complexity index is 1250. The van der Waals surface area contributed by atoms with Crippen molar-refractivity contribution in [3.63, 3.8) is 0 Å². The zero-order chi connectivity index (χ0) is 23.8. The summed E-state index contributed by atoms with van der Waals surface area (Å²) in [5.41, 5.74) is 1.08. The molecule has 0 fully saturated rings. The van der Waals surface area contributed by atoms with Crippen LogP contribution < -0.4 is 10.0 Å². The first-order chi connectivity index (χ1) is 15.7. The van der Waals surface area contributed by atoms with Crippen molar-refractivity contribution < 1.29 is 22.7 Å². The van der Waals surface area contributed by atoms with Crippen LogP contribution in [-0.2, 0) is 24.3 Å². The van der Waals surface area contributed by atoms with Gasteiger partial charge in [-0.1, -0.05) is 23.7 Å². The van der Waals surface area contributed by atoms with Gasteiger partial charge in [0.05, 0.1) is 4.90 Å². The molecule has 33 heavy (non-hydrogen) atoms. The van der Waals surface area contributed by atoms with E-state index in [-0.39, 0.29) is 10.8 Å². The van der Waals surface area contributed by atoms with Crippen molar-refractivity contribution in [2.24, 2.45) is 0 Å². The van der Waals surface area contributed by atoms with Crippen molar-refractivity contribution in [3.8, 4) is 0 Å². The summed E-state index contributed by atoms with van der Waals surface area (Å²) in [6.45, 7) is 1.42. The average Bonchev–Trinajstić information content (AvgIpc) is 2.79. The van der Waals surface area contributed by atoms with Crippen LogP contribution in [0.15, 0.2) is 78.0 Å². The van der Waals surface area contributed by atoms with Gasteiger partial charge in [-0.3, -0.25) is 4.79 Å². The Hall–Kier alpha value is -3.76. The summed E-state index contributed by atoms with van der Waals surface area (Å²) in [6.07, 6.45) is 4.48. The number of anilines is 2. The molecule has 2 N–H and O–H groups in total. The molecule has 1 heterocycles.